The fourth-order valence-corrected chi connectivity index (χ4v) is 4.37. The molecule has 0 radical (unpaired) electrons. The number of H-pyrrole nitrogens is 1. The monoisotopic (exact) mass is 443 g/mol. The van der Waals surface area contributed by atoms with Gasteiger partial charge in [0.05, 0.1) is 36.8 Å². The van der Waals surface area contributed by atoms with Gasteiger partial charge in [-0.25, -0.2) is 0 Å². The smallest absolute Gasteiger partial charge is 0.257 e. The fourth-order valence-electron chi connectivity index (χ4n) is 4.37. The van der Waals surface area contributed by atoms with Crippen molar-refractivity contribution in [2.75, 3.05) is 36.5 Å². The second-order valence-corrected chi connectivity index (χ2v) is 8.33. The molecule has 3 heterocycles. The van der Waals surface area contributed by atoms with Crippen LogP contribution in [0, 0.1) is 13.8 Å². The number of morpholine rings is 1. The number of hydrogen-bond donors (Lipinski definition) is 2. The number of aromatic amines is 1. The number of rotatable bonds is 4. The third-order valence-corrected chi connectivity index (χ3v) is 6.06. The Bertz CT molecular complexity index is 1380. The lowest BCUT2D eigenvalue weighted by atomic mass is 10.0. The van der Waals surface area contributed by atoms with Crippen LogP contribution in [0.5, 0.6) is 0 Å². The van der Waals surface area contributed by atoms with Gasteiger partial charge in [0.2, 0.25) is 5.56 Å². The van der Waals surface area contributed by atoms with E-state index in [1.165, 1.54) is 0 Å². The van der Waals surface area contributed by atoms with Crippen LogP contribution in [-0.2, 0) is 4.74 Å². The molecule has 7 nitrogen and oxygen atoms in total. The molecule has 33 heavy (non-hydrogen) atoms. The summed E-state index contributed by atoms with van der Waals surface area (Å²) in [5.74, 6) is -0.192. The number of carbonyl (C=O) groups is 1. The van der Waals surface area contributed by atoms with Crippen LogP contribution in [0.2, 0.25) is 0 Å². The first kappa shape index (κ1) is 21.0. The minimum absolute atomic E-state index is 0.133. The van der Waals surface area contributed by atoms with E-state index in [-0.39, 0.29) is 11.5 Å². The molecule has 0 atom stereocenters. The van der Waals surface area contributed by atoms with Crippen LogP contribution in [0.1, 0.15) is 21.5 Å². The highest BCUT2D eigenvalue weighted by molar-refractivity contribution is 6.09. The lowest BCUT2D eigenvalue weighted by Crippen LogP contribution is -2.37. The molecule has 7 heteroatoms. The third kappa shape index (κ3) is 4.15. The van der Waals surface area contributed by atoms with Gasteiger partial charge in [0, 0.05) is 41.5 Å². The summed E-state index contributed by atoms with van der Waals surface area (Å²) >= 11 is 0. The van der Waals surface area contributed by atoms with E-state index in [9.17, 15) is 9.59 Å². The summed E-state index contributed by atoms with van der Waals surface area (Å²) in [6.45, 7) is 6.54. The molecule has 1 aliphatic rings. The number of ether oxygens (including phenoxy) is 1. The molecule has 4 aromatic rings. The molecule has 1 fully saturated rings. The van der Waals surface area contributed by atoms with Crippen LogP contribution in [0.25, 0.3) is 22.0 Å². The van der Waals surface area contributed by atoms with E-state index >= 15 is 0 Å². The Morgan fingerprint density at radius 1 is 1.00 bits per heavy atom. The second-order valence-electron chi connectivity index (χ2n) is 8.33. The normalized spacial score (nSPS) is 13.9. The van der Waals surface area contributed by atoms with E-state index in [1.807, 2.05) is 50.2 Å². The zero-order valence-corrected chi connectivity index (χ0v) is 18.6. The van der Waals surface area contributed by atoms with Crippen molar-refractivity contribution in [1.29, 1.82) is 0 Å². The van der Waals surface area contributed by atoms with Gasteiger partial charge in [-0.3, -0.25) is 9.59 Å². The standard InChI is InChI=1S/C26H25N3O4/c1-16-12-24(30)28-25-17(2)11-20(14-21(16)25)27-26(31)22-13-18(19-5-8-33-15-19)3-4-23(22)29-6-9-32-10-7-29/h3-5,8,11-15H,6-7,9-10H2,1-2H3,(H,27,31)(H,28,30). The molecule has 0 saturated carbocycles. The van der Waals surface area contributed by atoms with Crippen molar-refractivity contribution >= 4 is 28.2 Å². The summed E-state index contributed by atoms with van der Waals surface area (Å²) in [4.78, 5) is 30.5. The molecule has 0 bridgehead atoms. The third-order valence-electron chi connectivity index (χ3n) is 6.06. The summed E-state index contributed by atoms with van der Waals surface area (Å²) in [7, 11) is 0. The van der Waals surface area contributed by atoms with Crippen molar-refractivity contribution in [3.8, 4) is 11.1 Å². The number of amides is 1. The van der Waals surface area contributed by atoms with Gasteiger partial charge < -0.3 is 24.4 Å². The van der Waals surface area contributed by atoms with Crippen LogP contribution >= 0.6 is 0 Å². The van der Waals surface area contributed by atoms with Crippen molar-refractivity contribution in [2.24, 2.45) is 0 Å². The van der Waals surface area contributed by atoms with E-state index in [0.29, 0.717) is 24.5 Å². The van der Waals surface area contributed by atoms with Crippen LogP contribution in [0.15, 0.2) is 64.2 Å². The Morgan fingerprint density at radius 3 is 2.58 bits per heavy atom. The van der Waals surface area contributed by atoms with E-state index in [2.05, 4.69) is 15.2 Å². The molecular weight excluding hydrogens is 418 g/mol. The first-order valence-corrected chi connectivity index (χ1v) is 10.9. The Hall–Kier alpha value is -3.84. The van der Waals surface area contributed by atoms with Gasteiger partial charge in [0.15, 0.2) is 0 Å². The molecule has 2 N–H and O–H groups in total. The van der Waals surface area contributed by atoms with E-state index in [4.69, 9.17) is 9.15 Å². The number of aromatic nitrogens is 1. The predicted molar refractivity (Wildman–Crippen MR) is 129 cm³/mol. The summed E-state index contributed by atoms with van der Waals surface area (Å²) in [5.41, 5.74) is 6.38. The number of pyridine rings is 1. The Balaban J connectivity index is 1.54. The molecule has 2 aromatic heterocycles. The lowest BCUT2D eigenvalue weighted by molar-refractivity contribution is 0.102. The summed E-state index contributed by atoms with van der Waals surface area (Å²) in [6.07, 6.45) is 3.29. The van der Waals surface area contributed by atoms with E-state index in [0.717, 1.165) is 51.9 Å². The largest absolute Gasteiger partial charge is 0.472 e. The number of fused-ring (bicyclic) bond motifs is 1. The SMILES string of the molecule is Cc1cc(=O)[nH]c2c(C)cc(NC(=O)c3cc(-c4ccoc4)ccc3N3CCOCC3)cc12. The van der Waals surface area contributed by atoms with Gasteiger partial charge in [0.25, 0.3) is 5.91 Å². The topological polar surface area (TPSA) is 87.6 Å². The predicted octanol–water partition coefficient (Wildman–Crippen LogP) is 4.49. The zero-order chi connectivity index (χ0) is 22.9. The number of carbonyl (C=O) groups excluding carboxylic acids is 1. The summed E-state index contributed by atoms with van der Waals surface area (Å²) < 4.78 is 10.7. The molecule has 0 spiro atoms. The minimum Gasteiger partial charge on any atom is -0.472 e. The van der Waals surface area contributed by atoms with Crippen molar-refractivity contribution in [1.82, 2.24) is 4.98 Å². The maximum absolute atomic E-state index is 13.5. The maximum Gasteiger partial charge on any atom is 0.257 e. The van der Waals surface area contributed by atoms with Gasteiger partial charge in [-0.1, -0.05) is 6.07 Å². The number of anilines is 2. The van der Waals surface area contributed by atoms with Crippen molar-refractivity contribution in [3.05, 3.63) is 82.0 Å². The highest BCUT2D eigenvalue weighted by Gasteiger charge is 2.20. The highest BCUT2D eigenvalue weighted by atomic mass is 16.5. The number of nitrogens with one attached hydrogen (secondary N) is 2. The number of furan rings is 1. The molecule has 1 saturated heterocycles. The van der Waals surface area contributed by atoms with Gasteiger partial charge >= 0.3 is 0 Å². The quantitative estimate of drug-likeness (QED) is 0.485. The van der Waals surface area contributed by atoms with Gasteiger partial charge in [-0.05, 0) is 60.9 Å². The van der Waals surface area contributed by atoms with Gasteiger partial charge in [-0.15, -0.1) is 0 Å². The van der Waals surface area contributed by atoms with E-state index in [1.54, 1.807) is 18.6 Å². The average Bonchev–Trinajstić information content (AvgIpc) is 3.35. The molecule has 1 aliphatic heterocycles. The second kappa shape index (κ2) is 8.60. The molecule has 0 unspecified atom stereocenters. The van der Waals surface area contributed by atoms with Crippen LogP contribution in [-0.4, -0.2) is 37.2 Å². The minimum atomic E-state index is -0.192. The number of nitrogens with zero attached hydrogens (tertiary/aromatic N) is 1. The van der Waals surface area contributed by atoms with Crippen molar-refractivity contribution in [3.63, 3.8) is 0 Å². The Morgan fingerprint density at radius 2 is 1.82 bits per heavy atom. The number of hydrogen-bond acceptors (Lipinski definition) is 5. The van der Waals surface area contributed by atoms with Crippen molar-refractivity contribution in [2.45, 2.75) is 13.8 Å². The molecule has 168 valence electrons. The summed E-state index contributed by atoms with van der Waals surface area (Å²) in [6, 6.07) is 13.1. The molecule has 5 rings (SSSR count). The average molecular weight is 444 g/mol. The first-order chi connectivity index (χ1) is 16.0. The van der Waals surface area contributed by atoms with E-state index < -0.39 is 0 Å². The molecule has 0 aliphatic carbocycles. The first-order valence-electron chi connectivity index (χ1n) is 10.9. The van der Waals surface area contributed by atoms with Crippen LogP contribution in [0.4, 0.5) is 11.4 Å². The number of benzene rings is 2. The Labute approximate surface area is 191 Å². The molecule has 1 amide bonds. The van der Waals surface area contributed by atoms with Gasteiger partial charge in [-0.2, -0.15) is 0 Å². The van der Waals surface area contributed by atoms with Gasteiger partial charge in [0.1, 0.15) is 0 Å². The number of aryl methyl sites for hydroxylation is 2. The van der Waals surface area contributed by atoms with Crippen molar-refractivity contribution < 1.29 is 13.9 Å². The molecular formula is C26H25N3O4. The highest BCUT2D eigenvalue weighted by Crippen LogP contribution is 2.30. The fraction of sp³-hybridized carbons (Fsp3) is 0.231. The maximum atomic E-state index is 13.5. The summed E-state index contributed by atoms with van der Waals surface area (Å²) in [5, 5.41) is 3.98. The lowest BCUT2D eigenvalue weighted by Gasteiger charge is -2.30. The molecule has 2 aromatic carbocycles. The van der Waals surface area contributed by atoms with Crippen LogP contribution in [0.3, 0.4) is 0 Å². The van der Waals surface area contributed by atoms with Crippen LogP contribution < -0.4 is 15.8 Å². The zero-order valence-electron chi connectivity index (χ0n) is 18.6. The Kier molecular flexibility index (Phi) is 5.48.